The summed E-state index contributed by atoms with van der Waals surface area (Å²) >= 11 is 6.55. The third-order valence-electron chi connectivity index (χ3n) is 6.83. The Labute approximate surface area is 208 Å². The lowest BCUT2D eigenvalue weighted by Gasteiger charge is -2.26. The average molecular weight is 496 g/mol. The summed E-state index contributed by atoms with van der Waals surface area (Å²) in [6.45, 7) is 4.18. The van der Waals surface area contributed by atoms with Gasteiger partial charge < -0.3 is 19.9 Å². The van der Waals surface area contributed by atoms with Crippen molar-refractivity contribution < 1.29 is 13.9 Å². The Hall–Kier alpha value is -3.23. The molecule has 1 N–H and O–H groups in total. The Morgan fingerprint density at radius 3 is 2.89 bits per heavy atom. The number of methoxy groups -OCH3 is 1. The van der Waals surface area contributed by atoms with E-state index >= 15 is 0 Å². The van der Waals surface area contributed by atoms with Crippen LogP contribution in [-0.2, 0) is 27.9 Å². The highest BCUT2D eigenvalue weighted by Crippen LogP contribution is 2.47. The van der Waals surface area contributed by atoms with Crippen LogP contribution < -0.4 is 10.2 Å². The minimum atomic E-state index is -0.484. The molecule has 5 rings (SSSR count). The van der Waals surface area contributed by atoms with Crippen molar-refractivity contribution in [2.45, 2.75) is 31.7 Å². The van der Waals surface area contributed by atoms with E-state index in [0.717, 1.165) is 41.9 Å². The monoisotopic (exact) mass is 495 g/mol. The van der Waals surface area contributed by atoms with Gasteiger partial charge >= 0.3 is 5.97 Å². The molecule has 0 radical (unpaired) electrons. The zero-order chi connectivity index (χ0) is 24.7. The molecule has 1 atom stereocenters. The van der Waals surface area contributed by atoms with Crippen molar-refractivity contribution >= 4 is 40.7 Å². The molecule has 0 bridgehead atoms. The molecule has 0 spiro atoms. The lowest BCUT2D eigenvalue weighted by molar-refractivity contribution is -0.141. The van der Waals surface area contributed by atoms with Crippen molar-refractivity contribution in [1.82, 2.24) is 14.9 Å². The maximum atomic E-state index is 14.9. The van der Waals surface area contributed by atoms with Gasteiger partial charge in [-0.2, -0.15) is 4.98 Å². The van der Waals surface area contributed by atoms with Crippen molar-refractivity contribution in [1.29, 1.82) is 0 Å². The molecule has 2 aromatic carbocycles. The molecule has 0 saturated heterocycles. The predicted molar refractivity (Wildman–Crippen MR) is 134 cm³/mol. The molecule has 35 heavy (non-hydrogen) atoms. The van der Waals surface area contributed by atoms with Gasteiger partial charge in [-0.25, -0.2) is 9.37 Å². The number of nitrogens with zero attached hydrogens (tertiary/aromatic N) is 4. The smallest absolute Gasteiger partial charge is 0.306 e. The molecule has 2 aliphatic heterocycles. The second kappa shape index (κ2) is 9.09. The number of rotatable bonds is 5. The van der Waals surface area contributed by atoms with Gasteiger partial charge in [0, 0.05) is 30.7 Å². The van der Waals surface area contributed by atoms with E-state index in [-0.39, 0.29) is 24.2 Å². The molecule has 182 valence electrons. The molecule has 7 nitrogen and oxygen atoms in total. The van der Waals surface area contributed by atoms with Gasteiger partial charge in [0.1, 0.15) is 10.8 Å². The topological polar surface area (TPSA) is 70.6 Å². The number of para-hydroxylation sites is 1. The number of benzene rings is 2. The number of halogens is 2. The minimum Gasteiger partial charge on any atom is -0.469 e. The summed E-state index contributed by atoms with van der Waals surface area (Å²) in [5.74, 6) is 0.106. The fourth-order valence-electron chi connectivity index (χ4n) is 5.01. The zero-order valence-corrected chi connectivity index (χ0v) is 20.7. The summed E-state index contributed by atoms with van der Waals surface area (Å²) in [4.78, 5) is 25.3. The first-order chi connectivity index (χ1) is 16.8. The Morgan fingerprint density at radius 2 is 2.09 bits per heavy atom. The number of fused-ring (bicyclic) bond motifs is 2. The van der Waals surface area contributed by atoms with Crippen LogP contribution >= 0.6 is 11.6 Å². The SMILES string of the molecule is COC(=O)C[C@]1(C)CN(c2nc(Nc3cc4c(cc3F)CCN(C)C4)ncc2Cl)c2ccccc21. The first-order valence-electron chi connectivity index (χ1n) is 11.5. The molecule has 0 unspecified atom stereocenters. The minimum absolute atomic E-state index is 0.222. The summed E-state index contributed by atoms with van der Waals surface area (Å²) < 4.78 is 19.8. The first kappa shape index (κ1) is 23.5. The van der Waals surface area contributed by atoms with E-state index in [0.29, 0.717) is 23.1 Å². The number of hydrogen-bond donors (Lipinski definition) is 1. The molecule has 2 aliphatic rings. The molecular formula is C26H27ClFN5O2. The standard InChI is InChI=1S/C26H27ClFN5O2/c1-26(12-23(34)35-3)15-33(22-7-5-4-6-18(22)26)24-19(27)13-29-25(31-24)30-21-11-17-14-32(2)9-8-16(17)10-20(21)28/h4-7,10-11,13H,8-9,12,14-15H2,1-3H3,(H,29,30,31)/t26-/m1/s1. The van der Waals surface area contributed by atoms with Crippen LogP contribution in [0.25, 0.3) is 0 Å². The molecule has 3 aromatic rings. The molecule has 0 saturated carbocycles. The number of ether oxygens (including phenoxy) is 1. The molecule has 3 heterocycles. The third kappa shape index (κ3) is 4.44. The second-order valence-electron chi connectivity index (χ2n) is 9.50. The normalized spacial score (nSPS) is 19.3. The summed E-state index contributed by atoms with van der Waals surface area (Å²) in [6.07, 6.45) is 2.55. The van der Waals surface area contributed by atoms with Crippen LogP contribution in [0, 0.1) is 5.82 Å². The van der Waals surface area contributed by atoms with E-state index in [4.69, 9.17) is 16.3 Å². The van der Waals surface area contributed by atoms with E-state index in [1.54, 1.807) is 6.07 Å². The lowest BCUT2D eigenvalue weighted by atomic mass is 9.81. The third-order valence-corrected chi connectivity index (χ3v) is 7.10. The summed E-state index contributed by atoms with van der Waals surface area (Å²) in [5.41, 5.74) is 3.88. The Morgan fingerprint density at radius 1 is 1.29 bits per heavy atom. The lowest BCUT2D eigenvalue weighted by Crippen LogP contribution is -2.32. The van der Waals surface area contributed by atoms with E-state index < -0.39 is 5.41 Å². The van der Waals surface area contributed by atoms with Gasteiger partial charge in [0.15, 0.2) is 5.82 Å². The first-order valence-corrected chi connectivity index (χ1v) is 11.9. The Balaban J connectivity index is 1.48. The van der Waals surface area contributed by atoms with Crippen LogP contribution in [-0.4, -0.2) is 48.1 Å². The number of carbonyl (C=O) groups is 1. The Kier molecular flexibility index (Phi) is 6.11. The molecule has 0 fully saturated rings. The summed E-state index contributed by atoms with van der Waals surface area (Å²) in [6, 6.07) is 11.3. The van der Waals surface area contributed by atoms with Crippen molar-refractivity contribution in [3.63, 3.8) is 0 Å². The van der Waals surface area contributed by atoms with Crippen LogP contribution in [0.1, 0.15) is 30.0 Å². The van der Waals surface area contributed by atoms with Gasteiger partial charge in [0.25, 0.3) is 0 Å². The fraction of sp³-hybridized carbons (Fsp3) is 0.346. The molecule has 0 aliphatic carbocycles. The number of aromatic nitrogens is 2. The van der Waals surface area contributed by atoms with E-state index in [1.165, 1.54) is 13.3 Å². The van der Waals surface area contributed by atoms with Crippen molar-refractivity contribution in [2.24, 2.45) is 0 Å². The number of anilines is 4. The quantitative estimate of drug-likeness (QED) is 0.501. The Bertz CT molecular complexity index is 1300. The van der Waals surface area contributed by atoms with E-state index in [2.05, 4.69) is 27.2 Å². The van der Waals surface area contributed by atoms with Crippen molar-refractivity contribution in [2.75, 3.05) is 37.5 Å². The van der Waals surface area contributed by atoms with Crippen LogP contribution in [0.2, 0.25) is 5.02 Å². The fourth-order valence-corrected chi connectivity index (χ4v) is 5.21. The number of hydrogen-bond acceptors (Lipinski definition) is 7. The molecule has 0 amide bonds. The van der Waals surface area contributed by atoms with Crippen LogP contribution in [0.15, 0.2) is 42.6 Å². The molecular weight excluding hydrogens is 469 g/mol. The maximum absolute atomic E-state index is 14.9. The van der Waals surface area contributed by atoms with Crippen LogP contribution in [0.5, 0.6) is 0 Å². The zero-order valence-electron chi connectivity index (χ0n) is 19.9. The van der Waals surface area contributed by atoms with Gasteiger partial charge in [-0.1, -0.05) is 36.7 Å². The maximum Gasteiger partial charge on any atom is 0.306 e. The van der Waals surface area contributed by atoms with E-state index in [1.807, 2.05) is 42.2 Å². The number of carbonyl (C=O) groups excluding carboxylic acids is 1. The molecule has 9 heteroatoms. The van der Waals surface area contributed by atoms with Crippen LogP contribution in [0.3, 0.4) is 0 Å². The van der Waals surface area contributed by atoms with Crippen LogP contribution in [0.4, 0.5) is 27.5 Å². The second-order valence-corrected chi connectivity index (χ2v) is 9.90. The largest absolute Gasteiger partial charge is 0.469 e. The van der Waals surface area contributed by atoms with Gasteiger partial charge in [-0.3, -0.25) is 4.79 Å². The van der Waals surface area contributed by atoms with Crippen molar-refractivity contribution in [3.05, 3.63) is 70.1 Å². The van der Waals surface area contributed by atoms with E-state index in [9.17, 15) is 9.18 Å². The predicted octanol–water partition coefficient (Wildman–Crippen LogP) is 4.97. The van der Waals surface area contributed by atoms with Gasteiger partial charge in [-0.15, -0.1) is 0 Å². The average Bonchev–Trinajstić information content (AvgIpc) is 3.13. The number of esters is 1. The highest BCUT2D eigenvalue weighted by molar-refractivity contribution is 6.33. The highest BCUT2D eigenvalue weighted by atomic mass is 35.5. The van der Waals surface area contributed by atoms with Gasteiger partial charge in [0.2, 0.25) is 5.95 Å². The number of nitrogens with one attached hydrogen (secondary N) is 1. The van der Waals surface area contributed by atoms with Gasteiger partial charge in [0.05, 0.1) is 25.4 Å². The summed E-state index contributed by atoms with van der Waals surface area (Å²) in [7, 11) is 3.44. The summed E-state index contributed by atoms with van der Waals surface area (Å²) in [5, 5.41) is 3.40. The van der Waals surface area contributed by atoms with Gasteiger partial charge in [-0.05, 0) is 48.4 Å². The van der Waals surface area contributed by atoms with Crippen molar-refractivity contribution in [3.8, 4) is 0 Å². The highest BCUT2D eigenvalue weighted by Gasteiger charge is 2.42. The number of likely N-dealkylation sites (N-methyl/N-ethyl adjacent to an activating group) is 1. The molecule has 1 aromatic heterocycles.